The highest BCUT2D eigenvalue weighted by molar-refractivity contribution is 5.45. The van der Waals surface area contributed by atoms with E-state index in [-0.39, 0.29) is 0 Å². The topological polar surface area (TPSA) is 26.0 Å². The first-order chi connectivity index (χ1) is 6.38. The summed E-state index contributed by atoms with van der Waals surface area (Å²) in [6.45, 7) is 3.76. The van der Waals surface area contributed by atoms with Gasteiger partial charge >= 0.3 is 0 Å². The molecule has 2 saturated carbocycles. The molecule has 0 N–H and O–H groups in total. The molecule has 2 aliphatic carbocycles. The minimum atomic E-state index is 0.617. The van der Waals surface area contributed by atoms with Crippen molar-refractivity contribution in [2.24, 2.45) is 0 Å². The van der Waals surface area contributed by atoms with Crippen molar-refractivity contribution in [2.45, 2.75) is 37.5 Å². The highest BCUT2D eigenvalue weighted by Gasteiger charge is 2.34. The normalized spacial score (nSPS) is 21.8. The third kappa shape index (κ3) is 1.21. The second-order valence-electron chi connectivity index (χ2n) is 4.05. The molecule has 0 amide bonds. The molecule has 2 fully saturated rings. The van der Waals surface area contributed by atoms with E-state index in [9.17, 15) is 0 Å². The first kappa shape index (κ1) is 7.36. The molecule has 2 aliphatic rings. The first-order valence-corrected chi connectivity index (χ1v) is 5.01. The average Bonchev–Trinajstić information content (AvgIpc) is 3.02. The second kappa shape index (κ2) is 2.47. The van der Waals surface area contributed by atoms with E-state index < -0.39 is 0 Å². The van der Waals surface area contributed by atoms with E-state index >= 15 is 0 Å². The fourth-order valence-electron chi connectivity index (χ4n) is 1.66. The third-order valence-electron chi connectivity index (χ3n) is 2.77. The molecule has 1 heterocycles. The molecule has 1 aromatic rings. The summed E-state index contributed by atoms with van der Waals surface area (Å²) in [5, 5.41) is 0. The SMILES string of the molecule is C=Cc1oc(C2CC2)nc1C1CC1. The van der Waals surface area contributed by atoms with Crippen LogP contribution in [0, 0.1) is 0 Å². The van der Waals surface area contributed by atoms with Crippen LogP contribution >= 0.6 is 0 Å². The Morgan fingerprint density at radius 3 is 2.46 bits per heavy atom. The van der Waals surface area contributed by atoms with Crippen LogP contribution in [0.4, 0.5) is 0 Å². The van der Waals surface area contributed by atoms with Gasteiger partial charge in [0.05, 0.1) is 5.69 Å². The molecule has 0 aliphatic heterocycles. The number of hydrogen-bond acceptors (Lipinski definition) is 2. The van der Waals surface area contributed by atoms with E-state index in [2.05, 4.69) is 11.6 Å². The van der Waals surface area contributed by atoms with Crippen LogP contribution in [-0.4, -0.2) is 4.98 Å². The number of nitrogens with zero attached hydrogens (tertiary/aromatic N) is 1. The predicted molar refractivity (Wildman–Crippen MR) is 50.5 cm³/mol. The van der Waals surface area contributed by atoms with Crippen LogP contribution in [0.5, 0.6) is 0 Å². The number of aromatic nitrogens is 1. The molecule has 0 bridgehead atoms. The van der Waals surface area contributed by atoms with E-state index in [0.717, 1.165) is 17.3 Å². The number of oxazole rings is 1. The monoisotopic (exact) mass is 175 g/mol. The Balaban J connectivity index is 1.99. The van der Waals surface area contributed by atoms with Gasteiger partial charge in [-0.25, -0.2) is 4.98 Å². The molecule has 13 heavy (non-hydrogen) atoms. The summed E-state index contributed by atoms with van der Waals surface area (Å²) >= 11 is 0. The van der Waals surface area contributed by atoms with Gasteiger partial charge in [-0.2, -0.15) is 0 Å². The maximum Gasteiger partial charge on any atom is 0.198 e. The van der Waals surface area contributed by atoms with Crippen molar-refractivity contribution in [1.29, 1.82) is 0 Å². The van der Waals surface area contributed by atoms with Crippen LogP contribution in [0.15, 0.2) is 11.0 Å². The Morgan fingerprint density at radius 2 is 1.92 bits per heavy atom. The Labute approximate surface area is 77.7 Å². The zero-order valence-corrected chi connectivity index (χ0v) is 7.62. The molecule has 0 saturated heterocycles. The lowest BCUT2D eigenvalue weighted by molar-refractivity contribution is 0.489. The molecule has 0 atom stereocenters. The molecule has 68 valence electrons. The molecule has 0 radical (unpaired) electrons. The Kier molecular flexibility index (Phi) is 1.40. The van der Waals surface area contributed by atoms with E-state index in [1.807, 2.05) is 0 Å². The largest absolute Gasteiger partial charge is 0.441 e. The second-order valence-corrected chi connectivity index (χ2v) is 4.05. The molecular formula is C11H13NO. The molecule has 1 aromatic heterocycles. The summed E-state index contributed by atoms with van der Waals surface area (Å²) in [4.78, 5) is 4.57. The number of hydrogen-bond donors (Lipinski definition) is 0. The molecule has 0 aromatic carbocycles. The van der Waals surface area contributed by atoms with E-state index in [1.54, 1.807) is 6.08 Å². The zero-order chi connectivity index (χ0) is 8.84. The molecule has 0 unspecified atom stereocenters. The quantitative estimate of drug-likeness (QED) is 0.705. The van der Waals surface area contributed by atoms with Crippen molar-refractivity contribution < 1.29 is 4.42 Å². The lowest BCUT2D eigenvalue weighted by Gasteiger charge is -1.88. The van der Waals surface area contributed by atoms with Gasteiger partial charge in [0.25, 0.3) is 0 Å². The molecule has 2 heteroatoms. The fraction of sp³-hybridized carbons (Fsp3) is 0.545. The minimum Gasteiger partial charge on any atom is -0.441 e. The van der Waals surface area contributed by atoms with Gasteiger partial charge in [0.1, 0.15) is 5.76 Å². The van der Waals surface area contributed by atoms with Gasteiger partial charge in [0.15, 0.2) is 5.89 Å². The van der Waals surface area contributed by atoms with Crippen molar-refractivity contribution in [3.63, 3.8) is 0 Å². The third-order valence-corrected chi connectivity index (χ3v) is 2.77. The summed E-state index contributed by atoms with van der Waals surface area (Å²) in [6.07, 6.45) is 6.85. The van der Waals surface area contributed by atoms with Crippen molar-refractivity contribution in [2.75, 3.05) is 0 Å². The standard InChI is InChI=1S/C11H13NO/c1-2-9-10(7-3-4-7)12-11(13-9)8-5-6-8/h2,7-8H,1,3-6H2. The smallest absolute Gasteiger partial charge is 0.198 e. The summed E-state index contributed by atoms with van der Waals surface area (Å²) in [5.41, 5.74) is 1.16. The summed E-state index contributed by atoms with van der Waals surface area (Å²) in [5.74, 6) is 3.16. The van der Waals surface area contributed by atoms with Gasteiger partial charge in [-0.15, -0.1) is 0 Å². The van der Waals surface area contributed by atoms with Crippen molar-refractivity contribution >= 4 is 6.08 Å². The van der Waals surface area contributed by atoms with Crippen LogP contribution in [0.1, 0.15) is 54.9 Å². The van der Waals surface area contributed by atoms with Gasteiger partial charge in [-0.1, -0.05) is 6.58 Å². The molecule has 2 nitrogen and oxygen atoms in total. The van der Waals surface area contributed by atoms with Crippen LogP contribution in [-0.2, 0) is 0 Å². The lowest BCUT2D eigenvalue weighted by atomic mass is 10.2. The highest BCUT2D eigenvalue weighted by Crippen LogP contribution is 2.45. The van der Waals surface area contributed by atoms with E-state index in [1.165, 1.54) is 25.7 Å². The average molecular weight is 175 g/mol. The zero-order valence-electron chi connectivity index (χ0n) is 7.62. The summed E-state index contributed by atoms with van der Waals surface area (Å²) in [7, 11) is 0. The summed E-state index contributed by atoms with van der Waals surface area (Å²) in [6, 6.07) is 0. The van der Waals surface area contributed by atoms with Gasteiger partial charge in [0.2, 0.25) is 0 Å². The van der Waals surface area contributed by atoms with Crippen LogP contribution < -0.4 is 0 Å². The minimum absolute atomic E-state index is 0.617. The molecular weight excluding hydrogens is 162 g/mol. The van der Waals surface area contributed by atoms with Crippen molar-refractivity contribution in [3.05, 3.63) is 23.9 Å². The number of rotatable bonds is 3. The van der Waals surface area contributed by atoms with Crippen LogP contribution in [0.3, 0.4) is 0 Å². The van der Waals surface area contributed by atoms with Crippen LogP contribution in [0.2, 0.25) is 0 Å². The van der Waals surface area contributed by atoms with Crippen molar-refractivity contribution in [3.8, 4) is 0 Å². The van der Waals surface area contributed by atoms with E-state index in [0.29, 0.717) is 11.8 Å². The lowest BCUT2D eigenvalue weighted by Crippen LogP contribution is -1.83. The summed E-state index contributed by atoms with van der Waals surface area (Å²) < 4.78 is 5.66. The fourth-order valence-corrected chi connectivity index (χ4v) is 1.66. The highest BCUT2D eigenvalue weighted by atomic mass is 16.4. The molecule has 3 rings (SSSR count). The van der Waals surface area contributed by atoms with Gasteiger partial charge in [-0.3, -0.25) is 0 Å². The van der Waals surface area contributed by atoms with Gasteiger partial charge < -0.3 is 4.42 Å². The van der Waals surface area contributed by atoms with E-state index in [4.69, 9.17) is 4.42 Å². The Bertz CT molecular complexity index is 345. The Hall–Kier alpha value is -1.05. The maximum absolute atomic E-state index is 5.66. The molecule has 0 spiro atoms. The predicted octanol–water partition coefficient (Wildman–Crippen LogP) is 3.07. The van der Waals surface area contributed by atoms with Crippen molar-refractivity contribution in [1.82, 2.24) is 4.98 Å². The van der Waals surface area contributed by atoms with Gasteiger partial charge in [-0.05, 0) is 31.8 Å². The van der Waals surface area contributed by atoms with Crippen LogP contribution in [0.25, 0.3) is 6.08 Å². The van der Waals surface area contributed by atoms with Gasteiger partial charge in [0, 0.05) is 11.8 Å². The Morgan fingerprint density at radius 1 is 1.23 bits per heavy atom. The first-order valence-electron chi connectivity index (χ1n) is 5.01. The maximum atomic E-state index is 5.66.